The molecule has 2 aliphatic rings. The van der Waals surface area contributed by atoms with Crippen molar-refractivity contribution in [3.8, 4) is 0 Å². The van der Waals surface area contributed by atoms with Gasteiger partial charge in [-0.2, -0.15) is 0 Å². The summed E-state index contributed by atoms with van der Waals surface area (Å²) >= 11 is 6.16. The maximum Gasteiger partial charge on any atom is 0.242 e. The van der Waals surface area contributed by atoms with Crippen LogP contribution in [0.5, 0.6) is 0 Å². The lowest BCUT2D eigenvalue weighted by Gasteiger charge is -2.41. The van der Waals surface area contributed by atoms with E-state index in [0.717, 1.165) is 40.5 Å². The number of nitrogens with one attached hydrogen (secondary N) is 1. The van der Waals surface area contributed by atoms with Crippen LogP contribution in [-0.2, 0) is 22.4 Å². The Morgan fingerprint density at radius 1 is 1.13 bits per heavy atom. The maximum atomic E-state index is 12.8. The van der Waals surface area contributed by atoms with E-state index in [1.54, 1.807) is 0 Å². The second-order valence-corrected chi connectivity index (χ2v) is 8.78. The van der Waals surface area contributed by atoms with E-state index in [1.165, 1.54) is 5.56 Å². The largest absolute Gasteiger partial charge is 0.376 e. The van der Waals surface area contributed by atoms with Crippen molar-refractivity contribution in [2.24, 2.45) is 0 Å². The number of halogens is 1. The molecule has 1 saturated heterocycles. The van der Waals surface area contributed by atoms with Gasteiger partial charge < -0.3 is 15.1 Å². The first-order valence-corrected chi connectivity index (χ1v) is 11.0. The summed E-state index contributed by atoms with van der Waals surface area (Å²) in [4.78, 5) is 28.6. The molecule has 1 aliphatic carbocycles. The second-order valence-electron chi connectivity index (χ2n) is 8.37. The molecule has 2 aromatic carbocycles. The van der Waals surface area contributed by atoms with Crippen LogP contribution in [0.4, 0.5) is 11.4 Å². The van der Waals surface area contributed by atoms with Gasteiger partial charge in [0.05, 0.1) is 6.54 Å². The van der Waals surface area contributed by atoms with Gasteiger partial charge in [-0.05, 0) is 67.3 Å². The molecule has 0 aromatic heterocycles. The summed E-state index contributed by atoms with van der Waals surface area (Å²) in [7, 11) is 0. The molecule has 1 atom stereocenters. The van der Waals surface area contributed by atoms with Crippen LogP contribution in [0.1, 0.15) is 30.0 Å². The van der Waals surface area contributed by atoms with Gasteiger partial charge in [0.25, 0.3) is 0 Å². The Balaban J connectivity index is 1.33. The Bertz CT molecular complexity index is 975. The number of nitrogens with zero attached hydrogens (tertiary/aromatic N) is 2. The number of Topliss-reactive ketones (excluding diaryl/α,β-unsaturated/α-hetero) is 1. The molecule has 6 heteroatoms. The standard InChI is InChI=1S/C24H28ClN3O2/c1-16-11-21(6-8-23(16)25)28-10-9-27(15-17(28)2)24(30)14-26-20-5-3-19-13-22(29)7-4-18(19)12-20/h3,5-6,8,11-12,17,26H,4,7,9-10,13-15H2,1-2H3/t17-/m1/s1. The number of hydrogen-bond acceptors (Lipinski definition) is 4. The minimum absolute atomic E-state index is 0.113. The number of hydrogen-bond donors (Lipinski definition) is 1. The molecular formula is C24H28ClN3O2. The zero-order valence-corrected chi connectivity index (χ0v) is 18.3. The quantitative estimate of drug-likeness (QED) is 0.808. The van der Waals surface area contributed by atoms with Crippen molar-refractivity contribution in [2.45, 2.75) is 39.2 Å². The molecule has 4 rings (SSSR count). The molecule has 30 heavy (non-hydrogen) atoms. The first-order chi connectivity index (χ1) is 14.4. The van der Waals surface area contributed by atoms with Crippen LogP contribution < -0.4 is 10.2 Å². The summed E-state index contributed by atoms with van der Waals surface area (Å²) in [6.07, 6.45) is 1.94. The van der Waals surface area contributed by atoms with Crippen molar-refractivity contribution in [3.05, 3.63) is 58.1 Å². The molecule has 1 heterocycles. The molecule has 0 bridgehead atoms. The molecule has 1 N–H and O–H groups in total. The number of benzene rings is 2. The molecule has 0 unspecified atom stereocenters. The first-order valence-electron chi connectivity index (χ1n) is 10.6. The van der Waals surface area contributed by atoms with Crippen LogP contribution in [0.2, 0.25) is 5.02 Å². The van der Waals surface area contributed by atoms with Crippen LogP contribution in [0.3, 0.4) is 0 Å². The van der Waals surface area contributed by atoms with E-state index >= 15 is 0 Å². The van der Waals surface area contributed by atoms with E-state index in [2.05, 4.69) is 35.3 Å². The topological polar surface area (TPSA) is 52.6 Å². The monoisotopic (exact) mass is 425 g/mol. The van der Waals surface area contributed by atoms with Gasteiger partial charge in [0.15, 0.2) is 0 Å². The molecule has 1 fully saturated rings. The highest BCUT2D eigenvalue weighted by Crippen LogP contribution is 2.26. The van der Waals surface area contributed by atoms with Crippen LogP contribution in [-0.4, -0.2) is 48.8 Å². The number of rotatable bonds is 4. The van der Waals surface area contributed by atoms with E-state index in [-0.39, 0.29) is 18.5 Å². The van der Waals surface area contributed by atoms with Crippen molar-refractivity contribution < 1.29 is 9.59 Å². The molecule has 0 saturated carbocycles. The molecule has 0 spiro atoms. The summed E-state index contributed by atoms with van der Waals surface area (Å²) in [6.45, 7) is 6.67. The van der Waals surface area contributed by atoms with Gasteiger partial charge >= 0.3 is 0 Å². The van der Waals surface area contributed by atoms with Crippen molar-refractivity contribution >= 4 is 34.7 Å². The predicted octanol–water partition coefficient (Wildman–Crippen LogP) is 3.86. The predicted molar refractivity (Wildman–Crippen MR) is 122 cm³/mol. The van der Waals surface area contributed by atoms with Gasteiger partial charge in [-0.1, -0.05) is 17.7 Å². The number of ketones is 1. The van der Waals surface area contributed by atoms with Crippen molar-refractivity contribution in [1.29, 1.82) is 0 Å². The highest BCUT2D eigenvalue weighted by molar-refractivity contribution is 6.31. The fourth-order valence-electron chi connectivity index (χ4n) is 4.38. The minimum atomic E-state index is 0.113. The van der Waals surface area contributed by atoms with Crippen LogP contribution >= 0.6 is 11.6 Å². The van der Waals surface area contributed by atoms with E-state index in [9.17, 15) is 9.59 Å². The van der Waals surface area contributed by atoms with Gasteiger partial charge in [-0.25, -0.2) is 0 Å². The molecule has 158 valence electrons. The summed E-state index contributed by atoms with van der Waals surface area (Å²) < 4.78 is 0. The summed E-state index contributed by atoms with van der Waals surface area (Å²) in [5, 5.41) is 4.05. The number of amides is 1. The van der Waals surface area contributed by atoms with Crippen molar-refractivity contribution in [3.63, 3.8) is 0 Å². The highest BCUT2D eigenvalue weighted by Gasteiger charge is 2.27. The Labute approximate surface area is 183 Å². The molecular weight excluding hydrogens is 398 g/mol. The molecule has 2 aromatic rings. The van der Waals surface area contributed by atoms with E-state index in [0.29, 0.717) is 31.7 Å². The number of anilines is 2. The Hall–Kier alpha value is -2.53. The third kappa shape index (κ3) is 4.46. The second kappa shape index (κ2) is 8.68. The number of aryl methyl sites for hydroxylation is 2. The number of carbonyl (C=O) groups is 2. The Morgan fingerprint density at radius 3 is 2.73 bits per heavy atom. The third-order valence-corrected chi connectivity index (χ3v) is 6.59. The lowest BCUT2D eigenvalue weighted by Crippen LogP contribution is -2.54. The fourth-order valence-corrected chi connectivity index (χ4v) is 4.50. The van der Waals surface area contributed by atoms with Gasteiger partial charge in [0.2, 0.25) is 5.91 Å². The zero-order chi connectivity index (χ0) is 21.3. The van der Waals surface area contributed by atoms with Crippen molar-refractivity contribution in [1.82, 2.24) is 4.90 Å². The zero-order valence-electron chi connectivity index (χ0n) is 17.6. The number of piperazine rings is 1. The normalized spacial score (nSPS) is 18.9. The molecule has 1 amide bonds. The maximum absolute atomic E-state index is 12.8. The number of fused-ring (bicyclic) bond motifs is 1. The fraction of sp³-hybridized carbons (Fsp3) is 0.417. The average Bonchev–Trinajstić information content (AvgIpc) is 2.74. The van der Waals surface area contributed by atoms with E-state index < -0.39 is 0 Å². The van der Waals surface area contributed by atoms with Gasteiger partial charge in [-0.15, -0.1) is 0 Å². The van der Waals surface area contributed by atoms with Gasteiger partial charge in [-0.3, -0.25) is 9.59 Å². The Kier molecular flexibility index (Phi) is 6.00. The van der Waals surface area contributed by atoms with Gasteiger partial charge in [0, 0.05) is 54.9 Å². The van der Waals surface area contributed by atoms with Crippen LogP contribution in [0.25, 0.3) is 0 Å². The van der Waals surface area contributed by atoms with Crippen molar-refractivity contribution in [2.75, 3.05) is 36.4 Å². The summed E-state index contributed by atoms with van der Waals surface area (Å²) in [5.41, 5.74) is 5.50. The van der Waals surface area contributed by atoms with Gasteiger partial charge in [0.1, 0.15) is 5.78 Å². The number of carbonyl (C=O) groups excluding carboxylic acids is 2. The van der Waals surface area contributed by atoms with Crippen LogP contribution in [0, 0.1) is 6.92 Å². The lowest BCUT2D eigenvalue weighted by atomic mass is 9.90. The van der Waals surface area contributed by atoms with E-state index in [1.807, 2.05) is 30.0 Å². The summed E-state index contributed by atoms with van der Waals surface area (Å²) in [6, 6.07) is 12.4. The first kappa shape index (κ1) is 20.7. The third-order valence-electron chi connectivity index (χ3n) is 6.16. The highest BCUT2D eigenvalue weighted by atomic mass is 35.5. The lowest BCUT2D eigenvalue weighted by molar-refractivity contribution is -0.130. The van der Waals surface area contributed by atoms with Crippen LogP contribution in [0.15, 0.2) is 36.4 Å². The molecule has 5 nitrogen and oxygen atoms in total. The smallest absolute Gasteiger partial charge is 0.242 e. The van der Waals surface area contributed by atoms with E-state index in [4.69, 9.17) is 11.6 Å². The molecule has 0 radical (unpaired) electrons. The minimum Gasteiger partial charge on any atom is -0.376 e. The average molecular weight is 426 g/mol. The SMILES string of the molecule is Cc1cc(N2CCN(C(=O)CNc3ccc4c(c3)CCC(=O)C4)C[C@H]2C)ccc1Cl. The Morgan fingerprint density at radius 2 is 1.97 bits per heavy atom. The summed E-state index contributed by atoms with van der Waals surface area (Å²) in [5.74, 6) is 0.419. The molecule has 1 aliphatic heterocycles.